The highest BCUT2D eigenvalue weighted by atomic mass is 16.3. The van der Waals surface area contributed by atoms with Crippen LogP contribution in [0.3, 0.4) is 0 Å². The fourth-order valence-electron chi connectivity index (χ4n) is 13.6. The summed E-state index contributed by atoms with van der Waals surface area (Å²) in [5.74, 6) is 6.02. The molecule has 8 atom stereocenters. The van der Waals surface area contributed by atoms with Crippen LogP contribution in [-0.2, 0) is 19.2 Å². The van der Waals surface area contributed by atoms with Crippen molar-refractivity contribution in [3.8, 4) is 0 Å². The second kappa shape index (κ2) is 48.8. The highest BCUT2D eigenvalue weighted by Crippen LogP contribution is 2.32. The molecule has 0 aliphatic heterocycles. The first-order valence-electron chi connectivity index (χ1n) is 34.8. The van der Waals surface area contributed by atoms with Crippen molar-refractivity contribution in [2.45, 2.75) is 340 Å². The minimum absolute atomic E-state index is 0.166. The third kappa shape index (κ3) is 43.1. The number of carbonyl (C=O) groups is 4. The summed E-state index contributed by atoms with van der Waals surface area (Å²) in [6.07, 6.45) is 59.9. The average molecular weight is 1150 g/mol. The van der Waals surface area contributed by atoms with E-state index in [0.717, 1.165) is 95.3 Å². The van der Waals surface area contributed by atoms with Crippen LogP contribution in [0.5, 0.6) is 0 Å². The van der Waals surface area contributed by atoms with E-state index in [2.05, 4.69) is 102 Å². The largest absolute Gasteiger partial charge is 0.389 e. The molecule has 0 aromatic carbocycles. The first kappa shape index (κ1) is 77.8. The summed E-state index contributed by atoms with van der Waals surface area (Å²) in [5.41, 5.74) is 7.83. The van der Waals surface area contributed by atoms with Crippen LogP contribution in [0.1, 0.15) is 328 Å². The Morgan fingerprint density at radius 3 is 1.00 bits per heavy atom. The van der Waals surface area contributed by atoms with Crippen molar-refractivity contribution < 1.29 is 29.4 Å². The van der Waals surface area contributed by atoms with E-state index in [1.54, 1.807) is 12.2 Å². The molecule has 6 nitrogen and oxygen atoms in total. The standard InChI is InChI=1S/C14H26O.C14H24O.C13H22O.C13H20O.C12H22O.C11H18O/c2*1-3-4-5-6-7-8-13-9-12(2)10-14(15)11-13;2*1-3-4-5-6-7-12-8-11(2)9-13(14)10-12;1-3-4-5-6-11-7-10(2)8-12(13)9-11;1-8(2)4-10-5-9(3)6-11(12)7-10/h10,13-15H,3-9,11H2,1-2H3;10,13H,3-9,11H2,1-2H3;9,12H,3-8,10H2,1-2H3;4-5,9,12H,3,6-8,10H2,1-2H3;8,11-13H,3-7,9H2,1-2H3;6,8,10H,4-5,7H2,1-3H3/b;;;5-4-;;. The first-order valence-corrected chi connectivity index (χ1v) is 34.8. The number of hydrogen-bond donors (Lipinski definition) is 2. The predicted octanol–water partition coefficient (Wildman–Crippen LogP) is 22.1. The van der Waals surface area contributed by atoms with Crippen molar-refractivity contribution >= 4 is 23.1 Å². The summed E-state index contributed by atoms with van der Waals surface area (Å²) in [4.78, 5) is 45.1. The second-order valence-corrected chi connectivity index (χ2v) is 27.5. The maximum atomic E-state index is 11.3. The topological polar surface area (TPSA) is 109 Å². The van der Waals surface area contributed by atoms with Gasteiger partial charge in [0.05, 0.1) is 12.2 Å². The zero-order valence-corrected chi connectivity index (χ0v) is 56.5. The van der Waals surface area contributed by atoms with E-state index in [4.69, 9.17) is 0 Å². The number of hydrogen-bond acceptors (Lipinski definition) is 6. The van der Waals surface area contributed by atoms with Gasteiger partial charge in [-0.2, -0.15) is 0 Å². The predicted molar refractivity (Wildman–Crippen MR) is 359 cm³/mol. The molecular formula is C77H132O6. The summed E-state index contributed by atoms with van der Waals surface area (Å²) in [6.45, 7) is 28.1. The second-order valence-electron chi connectivity index (χ2n) is 27.5. The van der Waals surface area contributed by atoms with Gasteiger partial charge in [0.15, 0.2) is 23.1 Å². The van der Waals surface area contributed by atoms with Gasteiger partial charge in [-0.3, -0.25) is 19.2 Å². The Morgan fingerprint density at radius 1 is 0.373 bits per heavy atom. The minimum atomic E-state index is -0.167. The molecule has 0 radical (unpaired) electrons. The molecule has 476 valence electrons. The van der Waals surface area contributed by atoms with Crippen LogP contribution < -0.4 is 0 Å². The minimum Gasteiger partial charge on any atom is -0.389 e. The highest BCUT2D eigenvalue weighted by Gasteiger charge is 2.23. The lowest BCUT2D eigenvalue weighted by Gasteiger charge is -2.24. The summed E-state index contributed by atoms with van der Waals surface area (Å²) >= 11 is 0. The van der Waals surface area contributed by atoms with E-state index in [-0.39, 0.29) is 12.2 Å². The van der Waals surface area contributed by atoms with Gasteiger partial charge in [0, 0.05) is 25.7 Å². The van der Waals surface area contributed by atoms with Crippen LogP contribution in [0, 0.1) is 41.4 Å². The molecular weight excluding hydrogens is 1020 g/mol. The van der Waals surface area contributed by atoms with Gasteiger partial charge in [0.2, 0.25) is 0 Å². The molecule has 6 heteroatoms. The molecule has 0 spiro atoms. The number of unbranched alkanes of at least 4 members (excludes halogenated alkanes) is 13. The normalized spacial score (nSPS) is 24.3. The molecule has 0 fully saturated rings. The van der Waals surface area contributed by atoms with Gasteiger partial charge >= 0.3 is 0 Å². The maximum Gasteiger partial charge on any atom is 0.155 e. The lowest BCUT2D eigenvalue weighted by atomic mass is 9.83. The number of aliphatic hydroxyl groups is 2. The number of ketones is 4. The molecule has 0 aromatic rings. The number of carbonyl (C=O) groups excluding carboxylic acids is 4. The van der Waals surface area contributed by atoms with E-state index >= 15 is 0 Å². The van der Waals surface area contributed by atoms with Crippen LogP contribution in [0.4, 0.5) is 0 Å². The Balaban J connectivity index is 0.000000499. The van der Waals surface area contributed by atoms with Gasteiger partial charge in [-0.1, -0.05) is 228 Å². The molecule has 0 bridgehead atoms. The molecule has 6 aliphatic rings. The van der Waals surface area contributed by atoms with E-state index < -0.39 is 0 Å². The Bertz CT molecular complexity index is 1990. The zero-order valence-electron chi connectivity index (χ0n) is 56.5. The van der Waals surface area contributed by atoms with E-state index in [0.29, 0.717) is 52.7 Å². The summed E-state index contributed by atoms with van der Waals surface area (Å²) in [5, 5.41) is 19.1. The lowest BCUT2D eigenvalue weighted by Crippen LogP contribution is -2.17. The van der Waals surface area contributed by atoms with Crippen LogP contribution in [-0.4, -0.2) is 45.6 Å². The van der Waals surface area contributed by atoms with Gasteiger partial charge in [-0.25, -0.2) is 0 Å². The molecule has 0 saturated heterocycles. The molecule has 0 heterocycles. The van der Waals surface area contributed by atoms with E-state index in [1.165, 1.54) is 188 Å². The van der Waals surface area contributed by atoms with Gasteiger partial charge in [-0.05, 0) is 197 Å². The summed E-state index contributed by atoms with van der Waals surface area (Å²) < 4.78 is 0. The van der Waals surface area contributed by atoms with Gasteiger partial charge < -0.3 is 10.2 Å². The quantitative estimate of drug-likeness (QED) is 0.0627. The van der Waals surface area contributed by atoms with E-state index in [1.807, 2.05) is 24.3 Å². The monoisotopic (exact) mass is 1150 g/mol. The molecule has 83 heavy (non-hydrogen) atoms. The Kier molecular flexibility index (Phi) is 45.8. The van der Waals surface area contributed by atoms with Crippen molar-refractivity contribution in [3.05, 3.63) is 82.0 Å². The highest BCUT2D eigenvalue weighted by molar-refractivity contribution is 5.92. The van der Waals surface area contributed by atoms with Crippen molar-refractivity contribution in [2.24, 2.45) is 41.4 Å². The Hall–Kier alpha value is -3.22. The zero-order chi connectivity index (χ0) is 61.8. The molecule has 0 aromatic heterocycles. The molecule has 8 unspecified atom stereocenters. The molecule has 0 saturated carbocycles. The van der Waals surface area contributed by atoms with Crippen molar-refractivity contribution in [3.63, 3.8) is 0 Å². The Labute approximate surface area is 513 Å². The van der Waals surface area contributed by atoms with Crippen LogP contribution in [0.2, 0.25) is 0 Å². The van der Waals surface area contributed by atoms with Crippen LogP contribution in [0.15, 0.2) is 82.0 Å². The lowest BCUT2D eigenvalue weighted by molar-refractivity contribution is -0.116. The Morgan fingerprint density at radius 2 is 0.663 bits per heavy atom. The third-order valence-electron chi connectivity index (χ3n) is 17.4. The third-order valence-corrected chi connectivity index (χ3v) is 17.4. The molecule has 0 amide bonds. The van der Waals surface area contributed by atoms with Crippen LogP contribution >= 0.6 is 0 Å². The first-order chi connectivity index (χ1) is 39.7. The number of rotatable bonds is 27. The fraction of sp³-hybridized carbons (Fsp3) is 0.766. The smallest absolute Gasteiger partial charge is 0.155 e. The molecule has 2 N–H and O–H groups in total. The van der Waals surface area contributed by atoms with E-state index in [9.17, 15) is 29.4 Å². The number of allylic oxidation sites excluding steroid dienone is 12. The molecule has 6 rings (SSSR count). The van der Waals surface area contributed by atoms with Gasteiger partial charge in [0.1, 0.15) is 0 Å². The molecule has 6 aliphatic carbocycles. The van der Waals surface area contributed by atoms with Crippen molar-refractivity contribution in [2.75, 3.05) is 0 Å². The van der Waals surface area contributed by atoms with Gasteiger partial charge in [-0.15, -0.1) is 0 Å². The fourth-order valence-corrected chi connectivity index (χ4v) is 13.6. The van der Waals surface area contributed by atoms with Crippen LogP contribution in [0.25, 0.3) is 0 Å². The van der Waals surface area contributed by atoms with Crippen molar-refractivity contribution in [1.82, 2.24) is 0 Å². The summed E-state index contributed by atoms with van der Waals surface area (Å²) in [6, 6.07) is 0. The maximum absolute atomic E-state index is 11.3. The number of aliphatic hydroxyl groups excluding tert-OH is 2. The summed E-state index contributed by atoms with van der Waals surface area (Å²) in [7, 11) is 0. The van der Waals surface area contributed by atoms with Crippen molar-refractivity contribution in [1.29, 1.82) is 0 Å². The SMILES string of the molecule is CC/C=C\CCC1CC(=O)C=C(C)C1.CC1=CC(=O)CC(CC(C)C)C1.CCCCCC1CC(C)=CC(O)C1.CCCCCCC1CC(=O)C=C(C)C1.CCCCCCCC1CC(=O)C=C(C)C1.CCCCCCCC1CC(C)=CC(O)C1. The average Bonchev–Trinajstić information content (AvgIpc) is 3.40. The van der Waals surface area contributed by atoms with Gasteiger partial charge in [0.25, 0.3) is 0 Å².